The standard InChI is InChI=1S/C81H149N2O7P/c1-7-10-13-16-19-22-25-28-30-32-34-36-38-40-41-43-45-47-49-51-53-56-59-62-65-68-71-74-81(85)90-79(72-69-66-63-60-57-54-27-24-21-18-15-12-9-3)78(77-89-91(86,87)88-76-75-83(4,5)6)82-80(84)73-70-67-64-61-58-55-52-50-48-46-44-42-39-37-35-33-31-29-26-23-20-17-14-11-8-2/h19-20,22-23,28-31,34,36,40-41,69,72,78-79H,7-18,21,24-27,32-33,35,37-39,42-68,70-71,73-77H2,1-6H3,(H-,82,84,86,87)/b22-19-,23-20-,30-28-,31-29-,36-34-,41-40-,72-69+. The van der Waals surface area contributed by atoms with Gasteiger partial charge in [0.25, 0.3) is 7.82 Å². The number of nitrogens with one attached hydrogen (secondary N) is 1. The van der Waals surface area contributed by atoms with E-state index in [1.165, 1.54) is 250 Å². The van der Waals surface area contributed by atoms with Gasteiger partial charge in [-0.25, -0.2) is 0 Å². The molecule has 1 N–H and O–H groups in total. The number of carbonyl (C=O) groups excluding carboxylic acids is 2. The highest BCUT2D eigenvalue weighted by molar-refractivity contribution is 7.45. The maximum absolute atomic E-state index is 13.7. The first-order valence-electron chi connectivity index (χ1n) is 38.9. The minimum atomic E-state index is -4.71. The monoisotopic (exact) mass is 1290 g/mol. The second-order valence-corrected chi connectivity index (χ2v) is 28.9. The summed E-state index contributed by atoms with van der Waals surface area (Å²) < 4.78 is 30.5. The van der Waals surface area contributed by atoms with Gasteiger partial charge in [0.1, 0.15) is 19.3 Å². The summed E-state index contributed by atoms with van der Waals surface area (Å²) in [5, 5.41) is 3.06. The van der Waals surface area contributed by atoms with Gasteiger partial charge in [-0.15, -0.1) is 0 Å². The normalized spacial score (nSPS) is 13.9. The summed E-state index contributed by atoms with van der Waals surface area (Å²) in [5.41, 5.74) is 0. The van der Waals surface area contributed by atoms with E-state index in [0.717, 1.165) is 83.5 Å². The highest BCUT2D eigenvalue weighted by atomic mass is 31.2. The lowest BCUT2D eigenvalue weighted by molar-refractivity contribution is -0.870. The molecule has 10 heteroatoms. The Morgan fingerprint density at radius 2 is 0.670 bits per heavy atom. The molecule has 0 saturated heterocycles. The van der Waals surface area contributed by atoms with Gasteiger partial charge in [-0.2, -0.15) is 0 Å². The van der Waals surface area contributed by atoms with E-state index in [0.29, 0.717) is 17.4 Å². The number of rotatable bonds is 71. The SMILES string of the molecule is CCCCC/C=C\C/C=C\C/C=C\C/C=C\CCCCCCCCCCCCCC(=O)OC(/C=C/CCCCCCCCCCCCC)C(COP(=O)([O-])OCC[N+](C)(C)C)NC(=O)CCCCCCCCCCCCCCCCC/C=C\C/C=C\CCCCC. The van der Waals surface area contributed by atoms with Gasteiger partial charge in [0, 0.05) is 12.8 Å². The van der Waals surface area contributed by atoms with Crippen molar-refractivity contribution in [3.8, 4) is 0 Å². The number of esters is 1. The Kier molecular flexibility index (Phi) is 67.8. The molecule has 0 spiro atoms. The largest absolute Gasteiger partial charge is 0.756 e. The molecule has 9 nitrogen and oxygen atoms in total. The number of carbonyl (C=O) groups is 2. The van der Waals surface area contributed by atoms with E-state index in [2.05, 4.69) is 99.0 Å². The number of ether oxygens (including phenoxy) is 1. The highest BCUT2D eigenvalue weighted by Gasteiger charge is 2.27. The van der Waals surface area contributed by atoms with Crippen molar-refractivity contribution in [3.63, 3.8) is 0 Å². The molecule has 1 amide bonds. The van der Waals surface area contributed by atoms with Crippen molar-refractivity contribution in [2.24, 2.45) is 0 Å². The van der Waals surface area contributed by atoms with Gasteiger partial charge in [0.2, 0.25) is 5.91 Å². The number of phosphoric ester groups is 1. The maximum atomic E-state index is 13.7. The molecule has 0 saturated carbocycles. The van der Waals surface area contributed by atoms with Gasteiger partial charge in [0.05, 0.1) is 33.8 Å². The molecule has 0 aliphatic heterocycles. The van der Waals surface area contributed by atoms with Crippen molar-refractivity contribution in [3.05, 3.63) is 85.1 Å². The lowest BCUT2D eigenvalue weighted by Gasteiger charge is -2.30. The minimum absolute atomic E-state index is 0.0240. The fourth-order valence-electron chi connectivity index (χ4n) is 11.3. The first kappa shape index (κ1) is 88.2. The summed E-state index contributed by atoms with van der Waals surface area (Å²) >= 11 is 0. The van der Waals surface area contributed by atoms with Gasteiger partial charge in [-0.05, 0) is 109 Å². The number of likely N-dealkylation sites (N-methyl/N-ethyl adjacent to an activating group) is 1. The van der Waals surface area contributed by atoms with Crippen LogP contribution in [0.1, 0.15) is 367 Å². The number of hydrogen-bond donors (Lipinski definition) is 1. The molecular formula is C81H149N2O7P. The predicted molar refractivity (Wildman–Crippen MR) is 395 cm³/mol. The van der Waals surface area contributed by atoms with Crippen molar-refractivity contribution in [1.82, 2.24) is 5.32 Å². The summed E-state index contributed by atoms with van der Waals surface area (Å²) in [6.45, 7) is 6.84. The summed E-state index contributed by atoms with van der Waals surface area (Å²) in [5.74, 6) is -0.532. The van der Waals surface area contributed by atoms with Crippen molar-refractivity contribution < 1.29 is 37.3 Å². The Balaban J connectivity index is 5.00. The highest BCUT2D eigenvalue weighted by Crippen LogP contribution is 2.38. The van der Waals surface area contributed by atoms with Crippen LogP contribution in [0.5, 0.6) is 0 Å². The van der Waals surface area contributed by atoms with Crippen LogP contribution in [0.3, 0.4) is 0 Å². The molecule has 0 fully saturated rings. The molecule has 530 valence electrons. The molecule has 0 aromatic carbocycles. The molecule has 0 rings (SSSR count). The minimum Gasteiger partial charge on any atom is -0.756 e. The molecule has 0 radical (unpaired) electrons. The zero-order chi connectivity index (χ0) is 66.3. The van der Waals surface area contributed by atoms with Crippen molar-refractivity contribution in [2.45, 2.75) is 380 Å². The average Bonchev–Trinajstić information content (AvgIpc) is 3.73. The zero-order valence-electron chi connectivity index (χ0n) is 60.8. The Hall–Kier alpha value is -2.81. The van der Waals surface area contributed by atoms with Crippen LogP contribution in [-0.4, -0.2) is 69.4 Å². The van der Waals surface area contributed by atoms with E-state index >= 15 is 0 Å². The predicted octanol–water partition coefficient (Wildman–Crippen LogP) is 24.6. The van der Waals surface area contributed by atoms with E-state index in [9.17, 15) is 19.0 Å². The van der Waals surface area contributed by atoms with Crippen LogP contribution in [0.4, 0.5) is 0 Å². The quantitative estimate of drug-likeness (QED) is 0.0212. The third-order valence-electron chi connectivity index (χ3n) is 17.3. The number of nitrogens with zero attached hydrogens (tertiary/aromatic N) is 1. The summed E-state index contributed by atoms with van der Waals surface area (Å²) in [6.07, 6.45) is 94.3. The van der Waals surface area contributed by atoms with Crippen LogP contribution in [0.25, 0.3) is 0 Å². The molecular weight excluding hydrogens is 1140 g/mol. The van der Waals surface area contributed by atoms with E-state index in [1.54, 1.807) is 0 Å². The van der Waals surface area contributed by atoms with Crippen LogP contribution in [0.2, 0.25) is 0 Å². The smallest absolute Gasteiger partial charge is 0.306 e. The topological polar surface area (TPSA) is 114 Å². The first-order chi connectivity index (χ1) is 44.4. The molecule has 0 aromatic heterocycles. The number of phosphoric acid groups is 1. The summed E-state index contributed by atoms with van der Waals surface area (Å²) in [4.78, 5) is 40.3. The molecule has 0 bridgehead atoms. The van der Waals surface area contributed by atoms with E-state index in [-0.39, 0.29) is 31.5 Å². The Morgan fingerprint density at radius 3 is 1.02 bits per heavy atom. The fraction of sp³-hybridized carbons (Fsp3) is 0.802. The maximum Gasteiger partial charge on any atom is 0.306 e. The van der Waals surface area contributed by atoms with Crippen molar-refractivity contribution in [2.75, 3.05) is 40.9 Å². The third kappa shape index (κ3) is 71.3. The van der Waals surface area contributed by atoms with E-state index in [4.69, 9.17) is 13.8 Å². The molecule has 3 atom stereocenters. The van der Waals surface area contributed by atoms with Gasteiger partial charge in [-0.3, -0.25) is 14.2 Å². The van der Waals surface area contributed by atoms with Gasteiger partial charge in [-0.1, -0.05) is 331 Å². The van der Waals surface area contributed by atoms with E-state index in [1.807, 2.05) is 33.3 Å². The summed E-state index contributed by atoms with van der Waals surface area (Å²) in [6, 6.07) is -0.894. The van der Waals surface area contributed by atoms with Crippen LogP contribution in [0, 0.1) is 0 Å². The summed E-state index contributed by atoms with van der Waals surface area (Å²) in [7, 11) is 1.19. The van der Waals surface area contributed by atoms with Gasteiger partial charge < -0.3 is 28.5 Å². The average molecular weight is 1290 g/mol. The lowest BCUT2D eigenvalue weighted by atomic mass is 10.0. The second kappa shape index (κ2) is 70.0. The van der Waals surface area contributed by atoms with Crippen molar-refractivity contribution in [1.29, 1.82) is 0 Å². The number of allylic oxidation sites excluding steroid dienone is 13. The molecule has 0 aliphatic rings. The number of hydrogen-bond acceptors (Lipinski definition) is 7. The second-order valence-electron chi connectivity index (χ2n) is 27.5. The molecule has 0 aliphatic carbocycles. The van der Waals surface area contributed by atoms with Gasteiger partial charge in [0.15, 0.2) is 0 Å². The molecule has 0 heterocycles. The van der Waals surface area contributed by atoms with Crippen LogP contribution < -0.4 is 10.2 Å². The molecule has 3 unspecified atom stereocenters. The van der Waals surface area contributed by atoms with Crippen molar-refractivity contribution >= 4 is 19.7 Å². The number of quaternary nitrogens is 1. The van der Waals surface area contributed by atoms with Crippen LogP contribution >= 0.6 is 7.82 Å². The van der Waals surface area contributed by atoms with Crippen LogP contribution in [-0.2, 0) is 27.9 Å². The van der Waals surface area contributed by atoms with E-state index < -0.39 is 20.0 Å². The first-order valence-corrected chi connectivity index (χ1v) is 40.4. The Labute approximate surface area is 565 Å². The molecule has 0 aromatic rings. The lowest BCUT2D eigenvalue weighted by Crippen LogP contribution is -2.47. The van der Waals surface area contributed by atoms with Crippen LogP contribution in [0.15, 0.2) is 85.1 Å². The zero-order valence-corrected chi connectivity index (χ0v) is 61.7. The fourth-order valence-corrected chi connectivity index (χ4v) is 12.0. The Bertz CT molecular complexity index is 1830. The molecule has 91 heavy (non-hydrogen) atoms. The Morgan fingerprint density at radius 1 is 0.385 bits per heavy atom. The number of amides is 1. The third-order valence-corrected chi connectivity index (χ3v) is 18.3. The number of unbranched alkanes of at least 4 members (excludes halogenated alkanes) is 43. The van der Waals surface area contributed by atoms with Gasteiger partial charge >= 0.3 is 5.97 Å².